The van der Waals surface area contributed by atoms with Crippen molar-refractivity contribution in [3.63, 3.8) is 0 Å². The van der Waals surface area contributed by atoms with Crippen molar-refractivity contribution in [1.82, 2.24) is 29.4 Å². The zero-order valence-corrected chi connectivity index (χ0v) is 27.5. The van der Waals surface area contributed by atoms with E-state index in [9.17, 15) is 10.1 Å². The molecular formula is C35H40N8O4. The van der Waals surface area contributed by atoms with Gasteiger partial charge in [0, 0.05) is 79.8 Å². The molecular weight excluding hydrogens is 596 g/mol. The highest BCUT2D eigenvalue weighted by atomic mass is 16.6. The predicted octanol–water partition coefficient (Wildman–Crippen LogP) is 4.77. The predicted molar refractivity (Wildman–Crippen MR) is 175 cm³/mol. The number of piperidine rings is 1. The second-order valence-corrected chi connectivity index (χ2v) is 14.2. The Hall–Kier alpha value is -4.89. The van der Waals surface area contributed by atoms with Gasteiger partial charge in [-0.25, -0.2) is 19.3 Å². The monoisotopic (exact) mass is 636 g/mol. The van der Waals surface area contributed by atoms with Crippen LogP contribution in [0.1, 0.15) is 45.2 Å². The number of pyridine rings is 3. The molecule has 12 heteroatoms. The number of piperazine rings is 1. The molecule has 4 aromatic heterocycles. The number of methoxy groups -OCH3 is 1. The van der Waals surface area contributed by atoms with Gasteiger partial charge in [0.1, 0.15) is 23.2 Å². The van der Waals surface area contributed by atoms with Crippen molar-refractivity contribution in [2.24, 2.45) is 5.41 Å². The largest absolute Gasteiger partial charge is 0.491 e. The number of hydrogen-bond donors (Lipinski definition) is 0. The van der Waals surface area contributed by atoms with Crippen molar-refractivity contribution in [2.75, 3.05) is 44.8 Å². The first kappa shape index (κ1) is 30.7. The van der Waals surface area contributed by atoms with Crippen LogP contribution in [0.5, 0.6) is 11.6 Å². The topological polar surface area (TPSA) is 121 Å². The number of carbonyl (C=O) groups is 1. The normalized spacial score (nSPS) is 20.3. The summed E-state index contributed by atoms with van der Waals surface area (Å²) in [5, 5.41) is 14.3. The molecule has 0 saturated carbocycles. The molecule has 1 amide bonds. The number of fused-ring (bicyclic) bond motifs is 3. The summed E-state index contributed by atoms with van der Waals surface area (Å²) >= 11 is 0. The second kappa shape index (κ2) is 11.7. The summed E-state index contributed by atoms with van der Waals surface area (Å²) in [5.41, 5.74) is 3.36. The molecule has 0 spiro atoms. The molecule has 0 aliphatic carbocycles. The third-order valence-electron chi connectivity index (χ3n) is 9.19. The molecule has 4 fully saturated rings. The highest BCUT2D eigenvalue weighted by molar-refractivity contribution is 5.85. The summed E-state index contributed by atoms with van der Waals surface area (Å²) in [6.45, 7) is 11.9. The first-order valence-corrected chi connectivity index (χ1v) is 16.0. The van der Waals surface area contributed by atoms with Crippen LogP contribution in [0.3, 0.4) is 0 Å². The Morgan fingerprint density at radius 1 is 1.09 bits per heavy atom. The Balaban J connectivity index is 1.03. The van der Waals surface area contributed by atoms with Gasteiger partial charge in [0.2, 0.25) is 5.88 Å². The summed E-state index contributed by atoms with van der Waals surface area (Å²) in [5.74, 6) is 2.20. The lowest BCUT2D eigenvalue weighted by molar-refractivity contribution is -0.0429. The van der Waals surface area contributed by atoms with E-state index in [1.54, 1.807) is 28.9 Å². The van der Waals surface area contributed by atoms with Gasteiger partial charge in [0.05, 0.1) is 37.2 Å². The number of carbonyl (C=O) groups excluding carboxylic acids is 1. The van der Waals surface area contributed by atoms with Gasteiger partial charge in [0.25, 0.3) is 0 Å². The molecule has 47 heavy (non-hydrogen) atoms. The van der Waals surface area contributed by atoms with Gasteiger partial charge in [0.15, 0.2) is 0 Å². The molecule has 2 bridgehead atoms. The van der Waals surface area contributed by atoms with Gasteiger partial charge < -0.3 is 24.0 Å². The molecule has 2 unspecified atom stereocenters. The molecule has 2 atom stereocenters. The molecule has 0 radical (unpaired) electrons. The van der Waals surface area contributed by atoms with Crippen molar-refractivity contribution in [1.29, 1.82) is 5.26 Å². The zero-order chi connectivity index (χ0) is 32.9. The Bertz CT molecular complexity index is 1810. The third kappa shape index (κ3) is 6.15. The van der Waals surface area contributed by atoms with Gasteiger partial charge in [-0.2, -0.15) is 10.4 Å². The summed E-state index contributed by atoms with van der Waals surface area (Å²) in [4.78, 5) is 28.3. The van der Waals surface area contributed by atoms with E-state index in [2.05, 4.69) is 51.1 Å². The Morgan fingerprint density at radius 3 is 2.51 bits per heavy atom. The summed E-state index contributed by atoms with van der Waals surface area (Å²) < 4.78 is 18.7. The number of rotatable bonds is 8. The van der Waals surface area contributed by atoms with Crippen LogP contribution < -0.4 is 14.4 Å². The number of nitriles is 1. The highest BCUT2D eigenvalue weighted by Gasteiger charge is 2.45. The highest BCUT2D eigenvalue weighted by Crippen LogP contribution is 2.37. The summed E-state index contributed by atoms with van der Waals surface area (Å²) in [6.07, 6.45) is 8.02. The van der Waals surface area contributed by atoms with E-state index in [4.69, 9.17) is 19.2 Å². The average Bonchev–Trinajstić information content (AvgIpc) is 3.47. The molecule has 4 aliphatic heterocycles. The Labute approximate surface area is 274 Å². The molecule has 244 valence electrons. The van der Waals surface area contributed by atoms with Crippen LogP contribution in [0.4, 0.5) is 10.6 Å². The fourth-order valence-corrected chi connectivity index (χ4v) is 6.86. The van der Waals surface area contributed by atoms with Crippen LogP contribution in [-0.4, -0.2) is 93.1 Å². The quantitative estimate of drug-likeness (QED) is 0.267. The lowest BCUT2D eigenvalue weighted by Crippen LogP contribution is -2.68. The van der Waals surface area contributed by atoms with Crippen LogP contribution in [-0.2, 0) is 11.3 Å². The van der Waals surface area contributed by atoms with Crippen LogP contribution in [0, 0.1) is 16.7 Å². The molecule has 8 heterocycles. The molecule has 4 aromatic rings. The smallest absolute Gasteiger partial charge is 0.410 e. The zero-order valence-electron chi connectivity index (χ0n) is 27.5. The number of hydrogen-bond acceptors (Lipinski definition) is 10. The number of likely N-dealkylation sites (tertiary alicyclic amines) is 1. The standard InChI is InChI=1S/C35H40N8O4/c1-34(2,3)47-33(44)41-20-35(4,21-41)22-46-28-11-29(32-25(12-36)15-39-43(32)19-28)24-7-8-30(37-14-24)40-17-26-10-27(18-40)42(26)16-23-6-9-31(45-5)38-13-23/h6-9,11,13-15,19,26-27H,10,16-18,20-22H2,1-5H3. The Kier molecular flexibility index (Phi) is 7.67. The average molecular weight is 637 g/mol. The van der Waals surface area contributed by atoms with Crippen molar-refractivity contribution in [3.05, 3.63) is 66.2 Å². The first-order chi connectivity index (χ1) is 22.5. The minimum atomic E-state index is -0.531. The SMILES string of the molecule is COc1ccc(CN2C3CC2CN(c2ccc(-c4cc(OCC5(C)CN(C(=O)OC(C)(C)C)C5)cn5ncc(C#N)c45)cn2)C3)cn1. The molecule has 4 saturated heterocycles. The number of amides is 1. The van der Waals surface area contributed by atoms with Crippen molar-refractivity contribution in [2.45, 2.75) is 58.3 Å². The summed E-state index contributed by atoms with van der Waals surface area (Å²) in [6, 6.07) is 13.3. The molecule has 0 aromatic carbocycles. The van der Waals surface area contributed by atoms with Crippen LogP contribution in [0.2, 0.25) is 0 Å². The van der Waals surface area contributed by atoms with Gasteiger partial charge in [-0.3, -0.25) is 4.90 Å². The van der Waals surface area contributed by atoms with Crippen molar-refractivity contribution >= 4 is 17.4 Å². The number of aromatic nitrogens is 4. The summed E-state index contributed by atoms with van der Waals surface area (Å²) in [7, 11) is 1.63. The van der Waals surface area contributed by atoms with E-state index < -0.39 is 5.60 Å². The molecule has 4 aliphatic rings. The second-order valence-electron chi connectivity index (χ2n) is 14.2. The van der Waals surface area contributed by atoms with Crippen LogP contribution in [0.15, 0.2) is 55.1 Å². The maximum absolute atomic E-state index is 12.4. The third-order valence-corrected chi connectivity index (χ3v) is 9.19. The molecule has 12 nitrogen and oxygen atoms in total. The lowest BCUT2D eigenvalue weighted by atomic mass is 9.83. The fraction of sp³-hybridized carbons (Fsp3) is 0.457. The van der Waals surface area contributed by atoms with E-state index >= 15 is 0 Å². The van der Waals surface area contributed by atoms with Gasteiger partial charge in [-0.15, -0.1) is 0 Å². The van der Waals surface area contributed by atoms with E-state index in [0.717, 1.165) is 36.6 Å². The molecule has 0 N–H and O–H groups in total. The van der Waals surface area contributed by atoms with Crippen LogP contribution >= 0.6 is 0 Å². The van der Waals surface area contributed by atoms with E-state index in [1.807, 2.05) is 45.3 Å². The van der Waals surface area contributed by atoms with E-state index in [-0.39, 0.29) is 11.5 Å². The maximum atomic E-state index is 12.4. The minimum absolute atomic E-state index is 0.201. The van der Waals surface area contributed by atoms with Gasteiger partial charge in [-0.1, -0.05) is 13.0 Å². The van der Waals surface area contributed by atoms with Crippen LogP contribution in [0.25, 0.3) is 16.6 Å². The fourth-order valence-electron chi connectivity index (χ4n) is 6.86. The maximum Gasteiger partial charge on any atom is 0.410 e. The van der Waals surface area contributed by atoms with Gasteiger partial charge >= 0.3 is 6.09 Å². The first-order valence-electron chi connectivity index (χ1n) is 16.0. The lowest BCUT2D eigenvalue weighted by Gasteiger charge is -2.56. The Morgan fingerprint density at radius 2 is 1.87 bits per heavy atom. The van der Waals surface area contributed by atoms with Crippen molar-refractivity contribution < 1.29 is 19.0 Å². The van der Waals surface area contributed by atoms with Crippen molar-refractivity contribution in [3.8, 4) is 28.8 Å². The van der Waals surface area contributed by atoms with E-state index in [1.165, 1.54) is 12.0 Å². The minimum Gasteiger partial charge on any atom is -0.491 e. The number of anilines is 1. The van der Waals surface area contributed by atoms with E-state index in [0.29, 0.717) is 54.5 Å². The molecule has 8 rings (SSSR count). The number of ether oxygens (including phenoxy) is 3. The van der Waals surface area contributed by atoms with Gasteiger partial charge in [-0.05, 0) is 51.0 Å². The number of nitrogens with zero attached hydrogens (tertiary/aromatic N) is 8.